The highest BCUT2D eigenvalue weighted by atomic mass is 16.4. The van der Waals surface area contributed by atoms with E-state index in [-0.39, 0.29) is 36.5 Å². The van der Waals surface area contributed by atoms with Crippen molar-refractivity contribution in [1.29, 1.82) is 0 Å². The monoisotopic (exact) mass is 622 g/mol. The Morgan fingerprint density at radius 3 is 1.22 bits per heavy atom. The third-order valence-corrected chi connectivity index (χ3v) is 6.74. The minimum Gasteiger partial charge on any atom is -0.508 e. The van der Waals surface area contributed by atoms with Crippen molar-refractivity contribution in [2.45, 2.75) is 49.9 Å². The lowest BCUT2D eigenvalue weighted by Gasteiger charge is -2.25. The van der Waals surface area contributed by atoms with E-state index in [2.05, 4.69) is 16.0 Å². The van der Waals surface area contributed by atoms with Crippen LogP contribution in [0.2, 0.25) is 0 Å². The van der Waals surface area contributed by atoms with E-state index in [0.717, 1.165) is 0 Å². The maximum atomic E-state index is 13.7. The lowest BCUT2D eigenvalue weighted by molar-refractivity contribution is -0.147. The fraction of sp³-hybridized carbons (Fsp3) is 0.258. The van der Waals surface area contributed by atoms with Gasteiger partial charge in [-0.05, 0) is 59.5 Å². The van der Waals surface area contributed by atoms with Gasteiger partial charge in [0.15, 0.2) is 0 Å². The number of phenolic OH excluding ortho intramolecular Hbond substituents is 3. The number of phenols is 3. The lowest BCUT2D eigenvalue weighted by atomic mass is 10.0. The van der Waals surface area contributed by atoms with Crippen LogP contribution in [0, 0.1) is 0 Å². The second-order valence-electron chi connectivity index (χ2n) is 10.3. The molecule has 3 rings (SSSR count). The Kier molecular flexibility index (Phi) is 11.8. The molecule has 3 aromatic rings. The number of carbonyl (C=O) groups excluding carboxylic acids is 3. The first kappa shape index (κ1) is 33.9. The molecule has 4 atom stereocenters. The molecular weight excluding hydrogens is 588 g/mol. The molecule has 0 aliphatic heterocycles. The van der Waals surface area contributed by atoms with Gasteiger partial charge in [0.2, 0.25) is 17.7 Å². The summed E-state index contributed by atoms with van der Waals surface area (Å²) in [4.78, 5) is 62.7. The van der Waals surface area contributed by atoms with Gasteiger partial charge in [-0.2, -0.15) is 0 Å². The Morgan fingerprint density at radius 2 is 0.867 bits per heavy atom. The summed E-state index contributed by atoms with van der Waals surface area (Å²) >= 11 is 0. The van der Waals surface area contributed by atoms with Crippen molar-refractivity contribution in [2.24, 2.45) is 5.73 Å². The van der Waals surface area contributed by atoms with Gasteiger partial charge in [-0.25, -0.2) is 4.79 Å². The normalized spacial score (nSPS) is 13.4. The molecule has 3 amide bonds. The highest BCUT2D eigenvalue weighted by Crippen LogP contribution is 2.15. The number of amides is 3. The van der Waals surface area contributed by atoms with Gasteiger partial charge >= 0.3 is 11.9 Å². The van der Waals surface area contributed by atoms with Crippen LogP contribution in [0.25, 0.3) is 0 Å². The highest BCUT2D eigenvalue weighted by Gasteiger charge is 2.31. The van der Waals surface area contributed by atoms with Crippen molar-refractivity contribution in [1.82, 2.24) is 16.0 Å². The minimum absolute atomic E-state index is 0.0281. The molecule has 45 heavy (non-hydrogen) atoms. The second-order valence-corrected chi connectivity index (χ2v) is 10.3. The van der Waals surface area contributed by atoms with Gasteiger partial charge < -0.3 is 47.2 Å². The molecular formula is C31H34N4O10. The molecule has 0 heterocycles. The molecule has 0 fully saturated rings. The summed E-state index contributed by atoms with van der Waals surface area (Å²) in [7, 11) is 0. The first-order valence-electron chi connectivity index (χ1n) is 13.8. The summed E-state index contributed by atoms with van der Waals surface area (Å²) in [6.07, 6.45) is -1.11. The Morgan fingerprint density at radius 1 is 0.533 bits per heavy atom. The summed E-state index contributed by atoms with van der Waals surface area (Å²) in [5.41, 5.74) is 7.76. The molecule has 0 radical (unpaired) electrons. The average Bonchev–Trinajstić information content (AvgIpc) is 2.99. The van der Waals surface area contributed by atoms with Crippen molar-refractivity contribution >= 4 is 29.7 Å². The predicted octanol–water partition coefficient (Wildman–Crippen LogP) is 0.172. The zero-order valence-electron chi connectivity index (χ0n) is 23.9. The molecule has 14 heteroatoms. The molecule has 4 unspecified atom stereocenters. The van der Waals surface area contributed by atoms with Crippen LogP contribution in [-0.2, 0) is 43.2 Å². The Bertz CT molecular complexity index is 1490. The third kappa shape index (κ3) is 10.9. The fourth-order valence-electron chi connectivity index (χ4n) is 4.33. The van der Waals surface area contributed by atoms with E-state index in [9.17, 15) is 44.4 Å². The summed E-state index contributed by atoms with van der Waals surface area (Å²) in [6.45, 7) is 0. The topological polar surface area (TPSA) is 249 Å². The van der Waals surface area contributed by atoms with Gasteiger partial charge in [-0.1, -0.05) is 36.4 Å². The van der Waals surface area contributed by atoms with Gasteiger partial charge in [-0.3, -0.25) is 19.2 Å². The van der Waals surface area contributed by atoms with Gasteiger partial charge in [0.1, 0.15) is 35.4 Å². The van der Waals surface area contributed by atoms with Crippen molar-refractivity contribution < 1.29 is 49.5 Å². The maximum Gasteiger partial charge on any atom is 0.326 e. The Balaban J connectivity index is 1.86. The number of carboxylic acid groups (broad SMARTS) is 2. The quantitative estimate of drug-likeness (QED) is 0.110. The number of carboxylic acids is 2. The van der Waals surface area contributed by atoms with Crippen molar-refractivity contribution in [2.75, 3.05) is 0 Å². The van der Waals surface area contributed by atoms with E-state index in [0.29, 0.717) is 16.7 Å². The maximum absolute atomic E-state index is 13.7. The summed E-state index contributed by atoms with van der Waals surface area (Å²) < 4.78 is 0. The molecule has 0 bridgehead atoms. The Hall–Kier alpha value is -5.63. The molecule has 238 valence electrons. The molecule has 0 aliphatic carbocycles. The average molecular weight is 623 g/mol. The number of nitrogens with two attached hydrogens (primary N) is 1. The number of hydrogen-bond donors (Lipinski definition) is 9. The van der Waals surface area contributed by atoms with Crippen LogP contribution in [0.15, 0.2) is 72.8 Å². The van der Waals surface area contributed by atoms with Crippen molar-refractivity contribution in [3.63, 3.8) is 0 Å². The molecule has 0 saturated carbocycles. The zero-order valence-corrected chi connectivity index (χ0v) is 23.9. The number of carbonyl (C=O) groups is 5. The van der Waals surface area contributed by atoms with Crippen LogP contribution in [0.1, 0.15) is 23.1 Å². The molecule has 14 nitrogen and oxygen atoms in total. The van der Waals surface area contributed by atoms with Crippen molar-refractivity contribution in [3.8, 4) is 17.2 Å². The van der Waals surface area contributed by atoms with E-state index < -0.39 is 60.2 Å². The van der Waals surface area contributed by atoms with Crippen LogP contribution in [-0.4, -0.2) is 79.4 Å². The highest BCUT2D eigenvalue weighted by molar-refractivity contribution is 5.95. The number of benzene rings is 3. The largest absolute Gasteiger partial charge is 0.508 e. The standard InChI is InChI=1S/C31H34N4O10/c32-23(13-17-1-7-20(36)8-2-17)28(41)33-24(14-18-3-9-21(37)10-4-18)29(42)34-25(15-19-5-11-22(38)12-6-19)30(43)35-26(31(44)45)16-27(39)40/h1-12,23-26,36-38H,13-16,32H2,(H,33,41)(H,34,42)(H,35,43)(H,39,40)(H,44,45). The molecule has 0 spiro atoms. The van der Waals surface area contributed by atoms with Gasteiger partial charge in [0.25, 0.3) is 0 Å². The molecule has 0 aliphatic rings. The van der Waals surface area contributed by atoms with E-state index in [1.54, 1.807) is 12.1 Å². The van der Waals surface area contributed by atoms with Gasteiger partial charge in [-0.15, -0.1) is 0 Å². The van der Waals surface area contributed by atoms with Gasteiger partial charge in [0.05, 0.1) is 12.5 Å². The van der Waals surface area contributed by atoms with Gasteiger partial charge in [0, 0.05) is 12.8 Å². The SMILES string of the molecule is NC(Cc1ccc(O)cc1)C(=O)NC(Cc1ccc(O)cc1)C(=O)NC(Cc1ccc(O)cc1)C(=O)NC(CC(=O)O)C(=O)O. The molecule has 10 N–H and O–H groups in total. The van der Waals surface area contributed by atoms with Crippen molar-refractivity contribution in [3.05, 3.63) is 89.5 Å². The van der Waals surface area contributed by atoms with Crippen LogP contribution >= 0.6 is 0 Å². The smallest absolute Gasteiger partial charge is 0.326 e. The van der Waals surface area contributed by atoms with E-state index in [4.69, 9.17) is 10.8 Å². The summed E-state index contributed by atoms with van der Waals surface area (Å²) in [6, 6.07) is 11.9. The number of aromatic hydroxyl groups is 3. The first-order valence-corrected chi connectivity index (χ1v) is 13.8. The lowest BCUT2D eigenvalue weighted by Crippen LogP contribution is -2.58. The first-order chi connectivity index (χ1) is 21.3. The fourth-order valence-corrected chi connectivity index (χ4v) is 4.33. The van der Waals surface area contributed by atoms with Crippen LogP contribution < -0.4 is 21.7 Å². The summed E-state index contributed by atoms with van der Waals surface area (Å²) in [5.74, 6) is -5.65. The Labute approximate surface area is 257 Å². The molecule has 0 saturated heterocycles. The number of rotatable bonds is 15. The van der Waals surface area contributed by atoms with Crippen LogP contribution in [0.4, 0.5) is 0 Å². The summed E-state index contributed by atoms with van der Waals surface area (Å²) in [5, 5.41) is 54.5. The van der Waals surface area contributed by atoms with E-state index in [1.807, 2.05) is 0 Å². The van der Waals surface area contributed by atoms with Crippen LogP contribution in [0.5, 0.6) is 17.2 Å². The zero-order chi connectivity index (χ0) is 33.1. The molecule has 3 aromatic carbocycles. The molecule has 0 aromatic heterocycles. The van der Waals surface area contributed by atoms with E-state index >= 15 is 0 Å². The van der Waals surface area contributed by atoms with Crippen LogP contribution in [0.3, 0.4) is 0 Å². The minimum atomic E-state index is -1.79. The predicted molar refractivity (Wildman–Crippen MR) is 159 cm³/mol. The van der Waals surface area contributed by atoms with E-state index in [1.165, 1.54) is 60.7 Å². The number of nitrogens with one attached hydrogen (secondary N) is 3. The third-order valence-electron chi connectivity index (χ3n) is 6.74. The second kappa shape index (κ2) is 15.7. The number of hydrogen-bond acceptors (Lipinski definition) is 9. The number of aliphatic carboxylic acids is 2.